The van der Waals surface area contributed by atoms with Crippen molar-refractivity contribution in [3.05, 3.63) is 0 Å². The van der Waals surface area contributed by atoms with Crippen molar-refractivity contribution in [2.24, 2.45) is 17.3 Å². The lowest BCUT2D eigenvalue weighted by Gasteiger charge is -2.30. The maximum Gasteiger partial charge on any atom is 0.309 e. The van der Waals surface area contributed by atoms with Gasteiger partial charge in [-0.25, -0.2) is 0 Å². The highest BCUT2D eigenvalue weighted by Crippen LogP contribution is 2.37. The minimum absolute atomic E-state index is 0.0747. The van der Waals surface area contributed by atoms with E-state index in [1.807, 2.05) is 0 Å². The summed E-state index contributed by atoms with van der Waals surface area (Å²) in [5, 5.41) is 19.4. The Labute approximate surface area is 288 Å². The molecule has 0 aromatic heterocycles. The molecule has 274 valence electrons. The zero-order valence-corrected chi connectivity index (χ0v) is 31.7. The molecular weight excluding hydrogens is 568 g/mol. The van der Waals surface area contributed by atoms with Crippen molar-refractivity contribution < 1.29 is 19.8 Å². The molecule has 0 unspecified atom stereocenters. The second-order valence-electron chi connectivity index (χ2n) is 15.9. The average Bonchev–Trinajstić information content (AvgIpc) is 3.00. The molecule has 2 N–H and O–H groups in total. The number of hydrogen-bond acceptors (Lipinski definition) is 2. The summed E-state index contributed by atoms with van der Waals surface area (Å²) < 4.78 is 0. The van der Waals surface area contributed by atoms with Crippen LogP contribution in [0.15, 0.2) is 0 Å². The normalized spacial score (nSPS) is 12.0. The zero-order valence-electron chi connectivity index (χ0n) is 31.7. The molecule has 0 aliphatic rings. The van der Waals surface area contributed by atoms with Crippen molar-refractivity contribution in [1.29, 1.82) is 0 Å². The first-order valence-corrected chi connectivity index (χ1v) is 20.6. The molecule has 0 aliphatic heterocycles. The molecule has 0 heterocycles. The number of carboxylic acids is 2. The Bertz CT molecular complexity index is 633. The molecule has 0 aromatic carbocycles. The summed E-state index contributed by atoms with van der Waals surface area (Å²) in [4.78, 5) is 23.7. The predicted molar refractivity (Wildman–Crippen MR) is 200 cm³/mol. The Morgan fingerprint density at radius 1 is 0.391 bits per heavy atom. The maximum atomic E-state index is 12.5. The van der Waals surface area contributed by atoms with Crippen LogP contribution < -0.4 is 0 Å². The molecule has 0 atom stereocenters. The highest BCUT2D eigenvalue weighted by molar-refractivity contribution is 5.74. The first-order valence-electron chi connectivity index (χ1n) is 20.6. The fraction of sp³-hybridized carbons (Fsp3) is 0.952. The van der Waals surface area contributed by atoms with Crippen LogP contribution >= 0.6 is 0 Å². The lowest BCUT2D eigenvalue weighted by atomic mass is 9.74. The number of hydrogen-bond donors (Lipinski definition) is 2. The van der Waals surface area contributed by atoms with Gasteiger partial charge in [0.2, 0.25) is 0 Å². The first kappa shape index (κ1) is 44.9. The van der Waals surface area contributed by atoms with Crippen molar-refractivity contribution >= 4 is 11.9 Å². The molecule has 0 aromatic rings. The molecule has 0 saturated heterocycles. The molecule has 0 spiro atoms. The fourth-order valence-electron chi connectivity index (χ4n) is 7.19. The van der Waals surface area contributed by atoms with Gasteiger partial charge in [-0.3, -0.25) is 9.59 Å². The molecule has 0 saturated carbocycles. The summed E-state index contributed by atoms with van der Waals surface area (Å²) in [6, 6.07) is 0. The van der Waals surface area contributed by atoms with E-state index in [4.69, 9.17) is 5.11 Å². The molecular formula is C42H82O4. The van der Waals surface area contributed by atoms with Gasteiger partial charge in [0.05, 0.1) is 5.41 Å². The van der Waals surface area contributed by atoms with Crippen LogP contribution in [0.2, 0.25) is 0 Å². The molecule has 4 nitrogen and oxygen atoms in total. The molecule has 0 radical (unpaired) electrons. The van der Waals surface area contributed by atoms with Gasteiger partial charge < -0.3 is 10.2 Å². The summed E-state index contributed by atoms with van der Waals surface area (Å²) in [7, 11) is 0. The average molecular weight is 651 g/mol. The summed E-state index contributed by atoms with van der Waals surface area (Å²) in [6.07, 6.45) is 38.9. The van der Waals surface area contributed by atoms with Crippen LogP contribution in [0.4, 0.5) is 0 Å². The van der Waals surface area contributed by atoms with Crippen LogP contribution in [0.5, 0.6) is 0 Å². The van der Waals surface area contributed by atoms with Crippen LogP contribution in [0.3, 0.4) is 0 Å². The summed E-state index contributed by atoms with van der Waals surface area (Å²) in [5.74, 6) is 0.175. The number of aliphatic carboxylic acids is 2. The van der Waals surface area contributed by atoms with Crippen molar-refractivity contribution in [3.63, 3.8) is 0 Å². The Balaban J connectivity index is 4.05. The molecule has 0 fully saturated rings. The summed E-state index contributed by atoms with van der Waals surface area (Å²) in [5.41, 5.74) is -0.737. The third-order valence-corrected chi connectivity index (χ3v) is 10.4. The van der Waals surface area contributed by atoms with E-state index in [0.717, 1.165) is 37.5 Å². The van der Waals surface area contributed by atoms with Gasteiger partial charge in [0.1, 0.15) is 0 Å². The topological polar surface area (TPSA) is 74.6 Å². The van der Waals surface area contributed by atoms with Crippen LogP contribution in [0.1, 0.15) is 240 Å². The lowest BCUT2D eigenvalue weighted by Crippen LogP contribution is -2.31. The van der Waals surface area contributed by atoms with Crippen LogP contribution in [-0.4, -0.2) is 22.2 Å². The molecule has 46 heavy (non-hydrogen) atoms. The van der Waals surface area contributed by atoms with Gasteiger partial charge in [-0.15, -0.1) is 0 Å². The van der Waals surface area contributed by atoms with Gasteiger partial charge >= 0.3 is 11.9 Å². The second-order valence-corrected chi connectivity index (χ2v) is 15.9. The van der Waals surface area contributed by atoms with E-state index in [2.05, 4.69) is 27.7 Å². The monoisotopic (exact) mass is 651 g/mol. The van der Waals surface area contributed by atoms with Gasteiger partial charge in [-0.2, -0.15) is 0 Å². The van der Waals surface area contributed by atoms with Gasteiger partial charge in [-0.1, -0.05) is 207 Å². The molecule has 0 aliphatic carbocycles. The third-order valence-electron chi connectivity index (χ3n) is 10.4. The Hall–Kier alpha value is -1.06. The second kappa shape index (κ2) is 32.5. The van der Waals surface area contributed by atoms with E-state index in [1.54, 1.807) is 0 Å². The van der Waals surface area contributed by atoms with E-state index >= 15 is 0 Å². The quantitative estimate of drug-likeness (QED) is 0.0656. The standard InChI is InChI=1S/C42H82O4/c1-38(2)32-27-23-19-15-11-7-5-9-13-17-21-25-29-35-42(41(45)46,37-31-34-40(43)44)36-30-26-22-18-14-10-6-8-12-16-20-24-28-33-39(3)4/h38-39H,5-37H2,1-4H3,(H,43,44)(H,45,46). The zero-order chi connectivity index (χ0) is 34.1. The minimum atomic E-state index is -0.817. The fourth-order valence-corrected chi connectivity index (χ4v) is 7.19. The number of carboxylic acid groups (broad SMARTS) is 2. The molecule has 4 heteroatoms. The van der Waals surface area contributed by atoms with E-state index < -0.39 is 17.4 Å². The van der Waals surface area contributed by atoms with Crippen molar-refractivity contribution in [2.75, 3.05) is 0 Å². The Morgan fingerprint density at radius 3 is 0.870 bits per heavy atom. The largest absolute Gasteiger partial charge is 0.481 e. The molecule has 0 amide bonds. The van der Waals surface area contributed by atoms with Gasteiger partial charge in [-0.05, 0) is 37.5 Å². The van der Waals surface area contributed by atoms with Crippen molar-refractivity contribution in [2.45, 2.75) is 240 Å². The summed E-state index contributed by atoms with van der Waals surface area (Å²) in [6.45, 7) is 9.27. The van der Waals surface area contributed by atoms with Crippen molar-refractivity contribution in [3.8, 4) is 0 Å². The van der Waals surface area contributed by atoms with E-state index in [9.17, 15) is 14.7 Å². The smallest absolute Gasteiger partial charge is 0.309 e. The number of unbranched alkanes of at least 4 members (excludes halogenated alkanes) is 24. The minimum Gasteiger partial charge on any atom is -0.481 e. The highest BCUT2D eigenvalue weighted by atomic mass is 16.4. The van der Waals surface area contributed by atoms with Crippen LogP contribution in [0.25, 0.3) is 0 Å². The predicted octanol–water partition coefficient (Wildman–Crippen LogP) is 14.3. The SMILES string of the molecule is CC(C)CCCCCCCCCCCCCCCC(CCCCCCCCCCCCCCCC(C)C)(CCCC(=O)O)C(=O)O. The van der Waals surface area contributed by atoms with E-state index in [0.29, 0.717) is 25.7 Å². The molecule has 0 rings (SSSR count). The first-order chi connectivity index (χ1) is 22.2. The van der Waals surface area contributed by atoms with Gasteiger partial charge in [0.25, 0.3) is 0 Å². The van der Waals surface area contributed by atoms with Crippen LogP contribution in [0, 0.1) is 17.3 Å². The summed E-state index contributed by atoms with van der Waals surface area (Å²) >= 11 is 0. The third kappa shape index (κ3) is 30.3. The van der Waals surface area contributed by atoms with Gasteiger partial charge in [0.15, 0.2) is 0 Å². The number of carbonyl (C=O) groups is 2. The van der Waals surface area contributed by atoms with Gasteiger partial charge in [0, 0.05) is 6.42 Å². The van der Waals surface area contributed by atoms with E-state index in [-0.39, 0.29) is 6.42 Å². The lowest BCUT2D eigenvalue weighted by molar-refractivity contribution is -0.151. The van der Waals surface area contributed by atoms with Crippen LogP contribution in [-0.2, 0) is 9.59 Å². The molecule has 0 bridgehead atoms. The Morgan fingerprint density at radius 2 is 0.630 bits per heavy atom. The number of rotatable bonds is 37. The maximum absolute atomic E-state index is 12.5. The highest BCUT2D eigenvalue weighted by Gasteiger charge is 2.36. The Kier molecular flexibility index (Phi) is 31.7. The van der Waals surface area contributed by atoms with Crippen molar-refractivity contribution in [1.82, 2.24) is 0 Å². The van der Waals surface area contributed by atoms with E-state index in [1.165, 1.54) is 154 Å².